The van der Waals surface area contributed by atoms with Crippen LogP contribution in [0, 0.1) is 5.92 Å². The van der Waals surface area contributed by atoms with E-state index in [1.165, 1.54) is 12.8 Å². The Kier molecular flexibility index (Phi) is 3.93. The zero-order chi connectivity index (χ0) is 15.0. The third kappa shape index (κ3) is 3.23. The molecule has 114 valence electrons. The minimum Gasteiger partial charge on any atom is -0.345 e. The summed E-state index contributed by atoms with van der Waals surface area (Å²) in [6.45, 7) is 8.51. The van der Waals surface area contributed by atoms with Crippen LogP contribution in [-0.4, -0.2) is 45.9 Å². The van der Waals surface area contributed by atoms with Gasteiger partial charge in [0.05, 0.1) is 0 Å². The summed E-state index contributed by atoms with van der Waals surface area (Å²) in [5.74, 6) is 1.22. The fraction of sp³-hybridized carbons (Fsp3) is 0.688. The molecule has 2 aliphatic rings. The molecule has 1 saturated heterocycles. The van der Waals surface area contributed by atoms with Crippen LogP contribution in [0.1, 0.15) is 55.7 Å². The van der Waals surface area contributed by atoms with Crippen molar-refractivity contribution < 1.29 is 4.79 Å². The molecule has 5 heteroatoms. The maximum Gasteiger partial charge on any atom is 0.289 e. The molecule has 0 radical (unpaired) electrons. The Hall–Kier alpha value is -1.49. The first kappa shape index (κ1) is 14.4. The van der Waals surface area contributed by atoms with Crippen molar-refractivity contribution in [2.75, 3.05) is 13.1 Å². The molecule has 21 heavy (non-hydrogen) atoms. The van der Waals surface area contributed by atoms with E-state index in [1.807, 2.05) is 0 Å². The van der Waals surface area contributed by atoms with Crippen LogP contribution in [-0.2, 0) is 0 Å². The lowest BCUT2D eigenvalue weighted by atomic mass is 10.1. The Balaban J connectivity index is 1.60. The Morgan fingerprint density at radius 2 is 1.95 bits per heavy atom. The van der Waals surface area contributed by atoms with Crippen LogP contribution in [0.4, 0.5) is 0 Å². The van der Waals surface area contributed by atoms with Gasteiger partial charge in [0.2, 0.25) is 5.82 Å². The average molecular weight is 288 g/mol. The summed E-state index contributed by atoms with van der Waals surface area (Å²) in [6, 6.07) is 0.704. The van der Waals surface area contributed by atoms with Crippen LogP contribution >= 0.6 is 0 Å². The normalized spacial score (nSPS) is 26.3. The van der Waals surface area contributed by atoms with Crippen LogP contribution in [0.2, 0.25) is 0 Å². The van der Waals surface area contributed by atoms with Gasteiger partial charge in [-0.25, -0.2) is 9.97 Å². The van der Waals surface area contributed by atoms with Crippen LogP contribution in [0.15, 0.2) is 12.4 Å². The van der Waals surface area contributed by atoms with Crippen molar-refractivity contribution in [2.45, 2.75) is 51.6 Å². The largest absolute Gasteiger partial charge is 0.345 e. The van der Waals surface area contributed by atoms with Crippen molar-refractivity contribution in [3.05, 3.63) is 23.8 Å². The van der Waals surface area contributed by atoms with E-state index >= 15 is 0 Å². The van der Waals surface area contributed by atoms with Gasteiger partial charge in [-0.15, -0.1) is 0 Å². The molecule has 1 N–H and O–H groups in total. The zero-order valence-electron chi connectivity index (χ0n) is 13.0. The first-order valence-electron chi connectivity index (χ1n) is 7.91. The SMILES string of the molecule is CC1CN(C(C)C)CC1NC(=O)c1ncc(C2CC2)cn1. The van der Waals surface area contributed by atoms with Crippen molar-refractivity contribution in [3.8, 4) is 0 Å². The first-order chi connectivity index (χ1) is 10.0. The topological polar surface area (TPSA) is 58.1 Å². The van der Waals surface area contributed by atoms with Gasteiger partial charge in [0.25, 0.3) is 5.91 Å². The molecule has 0 bridgehead atoms. The van der Waals surface area contributed by atoms with Gasteiger partial charge in [0.15, 0.2) is 0 Å². The molecule has 2 heterocycles. The molecule has 0 aromatic carbocycles. The van der Waals surface area contributed by atoms with Gasteiger partial charge in [0.1, 0.15) is 0 Å². The highest BCUT2D eigenvalue weighted by Crippen LogP contribution is 2.39. The summed E-state index contributed by atoms with van der Waals surface area (Å²) in [4.78, 5) is 23.1. The molecule has 1 aromatic rings. The number of nitrogens with zero attached hydrogens (tertiary/aromatic N) is 3. The third-order valence-corrected chi connectivity index (χ3v) is 4.61. The smallest absolute Gasteiger partial charge is 0.289 e. The predicted molar refractivity (Wildman–Crippen MR) is 81.1 cm³/mol. The number of hydrogen-bond acceptors (Lipinski definition) is 4. The lowest BCUT2D eigenvalue weighted by Crippen LogP contribution is -2.41. The Morgan fingerprint density at radius 3 is 2.48 bits per heavy atom. The van der Waals surface area contributed by atoms with E-state index in [4.69, 9.17) is 0 Å². The number of amides is 1. The van der Waals surface area contributed by atoms with Gasteiger partial charge in [-0.2, -0.15) is 0 Å². The number of likely N-dealkylation sites (tertiary alicyclic amines) is 1. The Morgan fingerprint density at radius 1 is 1.29 bits per heavy atom. The van der Waals surface area contributed by atoms with E-state index in [2.05, 4.69) is 41.0 Å². The van der Waals surface area contributed by atoms with Crippen LogP contribution in [0.5, 0.6) is 0 Å². The number of rotatable bonds is 4. The molecule has 1 amide bonds. The van der Waals surface area contributed by atoms with E-state index in [1.54, 1.807) is 12.4 Å². The molecule has 1 saturated carbocycles. The van der Waals surface area contributed by atoms with Gasteiger partial charge >= 0.3 is 0 Å². The van der Waals surface area contributed by atoms with E-state index < -0.39 is 0 Å². The van der Waals surface area contributed by atoms with E-state index in [0.29, 0.717) is 17.9 Å². The number of carbonyl (C=O) groups is 1. The minimum absolute atomic E-state index is 0.153. The number of hydrogen-bond donors (Lipinski definition) is 1. The van der Waals surface area contributed by atoms with Crippen LogP contribution in [0.3, 0.4) is 0 Å². The van der Waals surface area contributed by atoms with Crippen molar-refractivity contribution in [2.24, 2.45) is 5.92 Å². The molecular weight excluding hydrogens is 264 g/mol. The summed E-state index contributed by atoms with van der Waals surface area (Å²) in [5.41, 5.74) is 1.16. The second-order valence-corrected chi connectivity index (χ2v) is 6.72. The number of carbonyl (C=O) groups excluding carboxylic acids is 1. The molecule has 3 rings (SSSR count). The van der Waals surface area contributed by atoms with Crippen molar-refractivity contribution >= 4 is 5.91 Å². The Bertz CT molecular complexity index is 510. The summed E-state index contributed by atoms with van der Waals surface area (Å²) in [6.07, 6.45) is 6.05. The van der Waals surface area contributed by atoms with Gasteiger partial charge in [-0.1, -0.05) is 6.92 Å². The van der Waals surface area contributed by atoms with E-state index in [0.717, 1.165) is 18.7 Å². The van der Waals surface area contributed by atoms with Crippen molar-refractivity contribution in [3.63, 3.8) is 0 Å². The summed E-state index contributed by atoms with van der Waals surface area (Å²) < 4.78 is 0. The molecular formula is C16H24N4O. The number of aromatic nitrogens is 2. The van der Waals surface area contributed by atoms with Crippen LogP contribution in [0.25, 0.3) is 0 Å². The van der Waals surface area contributed by atoms with Crippen LogP contribution < -0.4 is 5.32 Å². The molecule has 2 atom stereocenters. The first-order valence-corrected chi connectivity index (χ1v) is 7.91. The molecule has 1 aliphatic heterocycles. The molecule has 1 aliphatic carbocycles. The second kappa shape index (κ2) is 5.72. The van der Waals surface area contributed by atoms with E-state index in [-0.39, 0.29) is 17.8 Å². The second-order valence-electron chi connectivity index (χ2n) is 6.72. The summed E-state index contributed by atoms with van der Waals surface area (Å²) in [5, 5.41) is 3.09. The Labute approximate surface area is 126 Å². The van der Waals surface area contributed by atoms with Gasteiger partial charge in [-0.05, 0) is 44.1 Å². The highest BCUT2D eigenvalue weighted by atomic mass is 16.2. The fourth-order valence-corrected chi connectivity index (χ4v) is 2.93. The lowest BCUT2D eigenvalue weighted by Gasteiger charge is -2.20. The summed E-state index contributed by atoms with van der Waals surface area (Å²) in [7, 11) is 0. The third-order valence-electron chi connectivity index (χ3n) is 4.61. The zero-order valence-corrected chi connectivity index (χ0v) is 13.0. The molecule has 0 spiro atoms. The highest BCUT2D eigenvalue weighted by Gasteiger charge is 2.32. The standard InChI is InChI=1S/C16H24N4O/c1-10(2)20-8-11(3)14(9-20)19-16(21)15-17-6-13(7-18-15)12-4-5-12/h6-7,10-12,14H,4-5,8-9H2,1-3H3,(H,19,21). The lowest BCUT2D eigenvalue weighted by molar-refractivity contribution is 0.0920. The molecule has 2 fully saturated rings. The maximum absolute atomic E-state index is 12.3. The highest BCUT2D eigenvalue weighted by molar-refractivity contribution is 5.90. The average Bonchev–Trinajstić information content (AvgIpc) is 3.24. The maximum atomic E-state index is 12.3. The van der Waals surface area contributed by atoms with Gasteiger partial charge in [0, 0.05) is 37.6 Å². The predicted octanol–water partition coefficient (Wildman–Crippen LogP) is 1.81. The molecule has 2 unspecified atom stereocenters. The molecule has 5 nitrogen and oxygen atoms in total. The minimum atomic E-state index is -0.153. The van der Waals surface area contributed by atoms with Crippen molar-refractivity contribution in [1.82, 2.24) is 20.2 Å². The van der Waals surface area contributed by atoms with Crippen molar-refractivity contribution in [1.29, 1.82) is 0 Å². The van der Waals surface area contributed by atoms with Gasteiger partial charge in [-0.3, -0.25) is 9.69 Å². The monoisotopic (exact) mass is 288 g/mol. The molecule has 1 aromatic heterocycles. The van der Waals surface area contributed by atoms with E-state index in [9.17, 15) is 4.79 Å². The van der Waals surface area contributed by atoms with Gasteiger partial charge < -0.3 is 5.32 Å². The quantitative estimate of drug-likeness (QED) is 0.918. The fourth-order valence-electron chi connectivity index (χ4n) is 2.93. The summed E-state index contributed by atoms with van der Waals surface area (Å²) >= 11 is 0. The number of nitrogens with one attached hydrogen (secondary N) is 1.